The van der Waals surface area contributed by atoms with Crippen LogP contribution in [0, 0.1) is 5.92 Å². The molecule has 4 unspecified atom stereocenters. The molecule has 3 aromatic carbocycles. The molecule has 0 amide bonds. The number of ether oxygens (including phenoxy) is 2. The van der Waals surface area contributed by atoms with Gasteiger partial charge in [0.2, 0.25) is 0 Å². The molecule has 180 valence electrons. The van der Waals surface area contributed by atoms with Crippen LogP contribution in [0.2, 0.25) is 0 Å². The first-order chi connectivity index (χ1) is 16.6. The Morgan fingerprint density at radius 2 is 1.65 bits per heavy atom. The van der Waals surface area contributed by atoms with Gasteiger partial charge in [-0.15, -0.1) is 0 Å². The average molecular weight is 459 g/mol. The maximum absolute atomic E-state index is 6.23. The van der Waals surface area contributed by atoms with E-state index in [2.05, 4.69) is 104 Å². The minimum Gasteiger partial charge on any atom is -0.496 e. The summed E-state index contributed by atoms with van der Waals surface area (Å²) < 4.78 is 11.9. The highest BCUT2D eigenvalue weighted by molar-refractivity contribution is 5.38. The van der Waals surface area contributed by atoms with Crippen molar-refractivity contribution in [2.24, 2.45) is 5.92 Å². The number of rotatable bonds is 10. The van der Waals surface area contributed by atoms with Crippen molar-refractivity contribution in [1.29, 1.82) is 0 Å². The Hall–Kier alpha value is -2.66. The number of hydrogen-bond acceptors (Lipinski definition) is 4. The van der Waals surface area contributed by atoms with Gasteiger partial charge < -0.3 is 20.1 Å². The lowest BCUT2D eigenvalue weighted by atomic mass is 9.91. The summed E-state index contributed by atoms with van der Waals surface area (Å²) in [4.78, 5) is 0. The fraction of sp³-hybridized carbons (Fsp3) is 0.400. The normalized spacial score (nSPS) is 22.3. The van der Waals surface area contributed by atoms with Gasteiger partial charge in [0, 0.05) is 36.2 Å². The van der Waals surface area contributed by atoms with Crippen LogP contribution in [-0.4, -0.2) is 25.8 Å². The van der Waals surface area contributed by atoms with Gasteiger partial charge >= 0.3 is 0 Å². The first-order valence-corrected chi connectivity index (χ1v) is 12.4. The molecule has 4 rings (SSSR count). The van der Waals surface area contributed by atoms with Crippen molar-refractivity contribution in [3.05, 3.63) is 101 Å². The van der Waals surface area contributed by atoms with Gasteiger partial charge in [0.1, 0.15) is 5.75 Å². The molecule has 4 atom stereocenters. The summed E-state index contributed by atoms with van der Waals surface area (Å²) in [6.45, 7) is 8.82. The van der Waals surface area contributed by atoms with Crippen LogP contribution >= 0.6 is 0 Å². The van der Waals surface area contributed by atoms with Gasteiger partial charge in [0.25, 0.3) is 0 Å². The van der Waals surface area contributed by atoms with Crippen LogP contribution in [0.5, 0.6) is 5.75 Å². The maximum atomic E-state index is 6.23. The first kappa shape index (κ1) is 24.5. The predicted molar refractivity (Wildman–Crippen MR) is 139 cm³/mol. The summed E-state index contributed by atoms with van der Waals surface area (Å²) in [5, 5.41) is 7.73. The van der Waals surface area contributed by atoms with E-state index in [1.807, 2.05) is 6.07 Å². The van der Waals surface area contributed by atoms with E-state index >= 15 is 0 Å². The van der Waals surface area contributed by atoms with Crippen LogP contribution in [0.3, 0.4) is 0 Å². The molecule has 1 aliphatic rings. The van der Waals surface area contributed by atoms with E-state index in [1.165, 1.54) is 22.3 Å². The van der Waals surface area contributed by atoms with Crippen LogP contribution in [0.1, 0.15) is 55.0 Å². The molecule has 1 aliphatic heterocycles. The lowest BCUT2D eigenvalue weighted by Crippen LogP contribution is -2.40. The molecule has 2 N–H and O–H groups in total. The van der Waals surface area contributed by atoms with Crippen molar-refractivity contribution in [1.82, 2.24) is 10.6 Å². The molecule has 0 aliphatic carbocycles. The Bertz CT molecular complexity index is 1020. The maximum Gasteiger partial charge on any atom is 0.123 e. The lowest BCUT2D eigenvalue weighted by molar-refractivity contribution is 0.0745. The molecular weight excluding hydrogens is 420 g/mol. The Morgan fingerprint density at radius 1 is 0.941 bits per heavy atom. The third-order valence-corrected chi connectivity index (χ3v) is 6.98. The van der Waals surface area contributed by atoms with E-state index in [0.717, 1.165) is 12.3 Å². The summed E-state index contributed by atoms with van der Waals surface area (Å²) in [5.41, 5.74) is 5.04. The second-order valence-corrected chi connectivity index (χ2v) is 9.64. The molecule has 0 saturated carbocycles. The third kappa shape index (κ3) is 5.87. The monoisotopic (exact) mass is 458 g/mol. The Labute approximate surface area is 204 Å². The fourth-order valence-corrected chi connectivity index (χ4v) is 4.96. The molecular formula is C30H38N2O2. The van der Waals surface area contributed by atoms with Gasteiger partial charge in [-0.1, -0.05) is 86.6 Å². The van der Waals surface area contributed by atoms with Crippen LogP contribution in [0.4, 0.5) is 0 Å². The molecule has 0 spiro atoms. The summed E-state index contributed by atoms with van der Waals surface area (Å²) in [5.74, 6) is 1.76. The fourth-order valence-electron chi connectivity index (χ4n) is 4.96. The van der Waals surface area contributed by atoms with E-state index < -0.39 is 0 Å². The summed E-state index contributed by atoms with van der Waals surface area (Å²) in [6, 6.07) is 28.5. The van der Waals surface area contributed by atoms with Crippen molar-refractivity contribution in [3.63, 3.8) is 0 Å². The highest BCUT2D eigenvalue weighted by atomic mass is 16.5. The minimum atomic E-state index is 0.223. The molecule has 1 fully saturated rings. The average Bonchev–Trinajstić information content (AvgIpc) is 3.18. The van der Waals surface area contributed by atoms with E-state index in [0.29, 0.717) is 31.1 Å². The Morgan fingerprint density at radius 3 is 2.32 bits per heavy atom. The molecule has 0 radical (unpaired) electrons. The van der Waals surface area contributed by atoms with Gasteiger partial charge in [0.15, 0.2) is 0 Å². The van der Waals surface area contributed by atoms with E-state index in [1.54, 1.807) is 7.11 Å². The third-order valence-electron chi connectivity index (χ3n) is 6.98. The van der Waals surface area contributed by atoms with E-state index in [9.17, 15) is 0 Å². The van der Waals surface area contributed by atoms with Crippen LogP contribution in [-0.2, 0) is 17.9 Å². The second-order valence-electron chi connectivity index (χ2n) is 9.64. The molecule has 1 saturated heterocycles. The quantitative estimate of drug-likeness (QED) is 0.400. The summed E-state index contributed by atoms with van der Waals surface area (Å²) >= 11 is 0. The molecule has 0 bridgehead atoms. The number of methoxy groups -OCH3 is 1. The summed E-state index contributed by atoms with van der Waals surface area (Å²) in [6.07, 6.45) is 0. The molecule has 3 aromatic rings. The molecule has 0 aromatic heterocycles. The van der Waals surface area contributed by atoms with Crippen molar-refractivity contribution >= 4 is 0 Å². The zero-order valence-corrected chi connectivity index (χ0v) is 20.8. The zero-order valence-electron chi connectivity index (χ0n) is 20.8. The van der Waals surface area contributed by atoms with Crippen LogP contribution in [0.15, 0.2) is 78.9 Å². The zero-order chi connectivity index (χ0) is 23.9. The molecule has 4 heteroatoms. The van der Waals surface area contributed by atoms with Crippen molar-refractivity contribution in [2.45, 2.75) is 58.0 Å². The van der Waals surface area contributed by atoms with Gasteiger partial charge in [-0.2, -0.15) is 0 Å². The van der Waals surface area contributed by atoms with Crippen molar-refractivity contribution < 1.29 is 9.47 Å². The van der Waals surface area contributed by atoms with Crippen molar-refractivity contribution in [3.8, 4) is 5.75 Å². The van der Waals surface area contributed by atoms with Gasteiger partial charge in [0.05, 0.1) is 20.3 Å². The van der Waals surface area contributed by atoms with Crippen molar-refractivity contribution in [2.75, 3.05) is 13.7 Å². The predicted octanol–water partition coefficient (Wildman–Crippen LogP) is 5.84. The topological polar surface area (TPSA) is 42.5 Å². The van der Waals surface area contributed by atoms with E-state index in [4.69, 9.17) is 9.47 Å². The van der Waals surface area contributed by atoms with Crippen LogP contribution in [0.25, 0.3) is 0 Å². The van der Waals surface area contributed by atoms with Gasteiger partial charge in [-0.25, -0.2) is 0 Å². The molecule has 1 heterocycles. The first-order valence-electron chi connectivity index (χ1n) is 12.4. The Balaban J connectivity index is 1.52. The largest absolute Gasteiger partial charge is 0.496 e. The second kappa shape index (κ2) is 11.7. The van der Waals surface area contributed by atoms with Gasteiger partial charge in [-0.3, -0.25) is 0 Å². The Kier molecular flexibility index (Phi) is 8.39. The molecule has 34 heavy (non-hydrogen) atoms. The minimum absolute atomic E-state index is 0.223. The standard InChI is InChI=1S/C30H38N2O2/c1-21(2)25-15-16-28(33-4)26(17-25)18-31-30-27(20-34-19-23-11-7-5-8-12-23)22(3)32-29(30)24-13-9-6-10-14-24/h5-17,21-22,27,29-32H,18-20H2,1-4H3. The van der Waals surface area contributed by atoms with E-state index in [-0.39, 0.29) is 12.1 Å². The highest BCUT2D eigenvalue weighted by Gasteiger charge is 2.41. The summed E-state index contributed by atoms with van der Waals surface area (Å²) in [7, 11) is 1.75. The highest BCUT2D eigenvalue weighted by Crippen LogP contribution is 2.33. The lowest BCUT2D eigenvalue weighted by Gasteiger charge is -2.27. The number of nitrogens with one attached hydrogen (secondary N) is 2. The van der Waals surface area contributed by atoms with Crippen LogP contribution < -0.4 is 15.4 Å². The SMILES string of the molecule is COc1ccc(C(C)C)cc1CNC1C(c2ccccc2)NC(C)C1COCc1ccccc1. The molecule has 4 nitrogen and oxygen atoms in total. The smallest absolute Gasteiger partial charge is 0.123 e. The number of benzene rings is 3. The number of hydrogen-bond donors (Lipinski definition) is 2. The van der Waals surface area contributed by atoms with Gasteiger partial charge in [-0.05, 0) is 35.6 Å².